The Labute approximate surface area is 148 Å². The molecule has 0 aromatic rings. The molecule has 0 unspecified atom stereocenters. The van der Waals surface area contributed by atoms with Crippen LogP contribution in [0, 0.1) is 0 Å². The van der Waals surface area contributed by atoms with Crippen LogP contribution in [0.25, 0.3) is 10.4 Å². The van der Waals surface area contributed by atoms with Crippen LogP contribution >= 0.6 is 0 Å². The van der Waals surface area contributed by atoms with E-state index in [1.54, 1.807) is 0 Å². The number of esters is 4. The molecule has 26 heavy (non-hydrogen) atoms. The monoisotopic (exact) mass is 373 g/mol. The minimum Gasteiger partial charge on any atom is -0.463 e. The SMILES string of the molecule is CC(=O)OC[C@H]1O[C@@H](OC(C)=O)[C@@H](N=[N+]=[N-])[C@@H](OC(C)=O)[C@@H]1OC(C)=O. The van der Waals surface area contributed by atoms with Crippen LogP contribution in [0.3, 0.4) is 0 Å². The summed E-state index contributed by atoms with van der Waals surface area (Å²) in [4.78, 5) is 47.9. The van der Waals surface area contributed by atoms with Gasteiger partial charge in [-0.15, -0.1) is 0 Å². The van der Waals surface area contributed by atoms with E-state index < -0.39 is 54.5 Å². The number of azide groups is 1. The molecule has 0 spiro atoms. The second-order valence-corrected chi connectivity index (χ2v) is 5.30. The van der Waals surface area contributed by atoms with Crippen molar-refractivity contribution < 1.29 is 42.9 Å². The van der Waals surface area contributed by atoms with E-state index >= 15 is 0 Å². The highest BCUT2D eigenvalue weighted by Crippen LogP contribution is 2.29. The minimum atomic E-state index is -1.44. The molecule has 12 nitrogen and oxygen atoms in total. The fourth-order valence-electron chi connectivity index (χ4n) is 2.33. The average Bonchev–Trinajstić information content (AvgIpc) is 2.49. The molecule has 0 bridgehead atoms. The Morgan fingerprint density at radius 3 is 1.92 bits per heavy atom. The first-order valence-electron chi connectivity index (χ1n) is 7.50. The van der Waals surface area contributed by atoms with E-state index in [1.807, 2.05) is 0 Å². The number of carbonyl (C=O) groups excluding carboxylic acids is 4. The third kappa shape index (κ3) is 6.22. The summed E-state index contributed by atoms with van der Waals surface area (Å²) < 4.78 is 25.5. The van der Waals surface area contributed by atoms with Gasteiger partial charge >= 0.3 is 23.9 Å². The molecule has 0 radical (unpaired) electrons. The first-order valence-corrected chi connectivity index (χ1v) is 7.50. The quantitative estimate of drug-likeness (QED) is 0.210. The maximum absolute atomic E-state index is 11.5. The van der Waals surface area contributed by atoms with Gasteiger partial charge in [0.25, 0.3) is 0 Å². The van der Waals surface area contributed by atoms with Crippen molar-refractivity contribution in [2.45, 2.75) is 58.3 Å². The van der Waals surface area contributed by atoms with Crippen LogP contribution in [0.15, 0.2) is 5.11 Å². The highest BCUT2D eigenvalue weighted by molar-refractivity contribution is 5.68. The van der Waals surface area contributed by atoms with Crippen LogP contribution in [0.5, 0.6) is 0 Å². The summed E-state index contributed by atoms with van der Waals surface area (Å²) in [6.45, 7) is 4.06. The summed E-state index contributed by atoms with van der Waals surface area (Å²) in [6, 6.07) is -1.33. The zero-order chi connectivity index (χ0) is 19.9. The Hall–Kier alpha value is -2.85. The van der Waals surface area contributed by atoms with E-state index in [0.29, 0.717) is 0 Å². The third-order valence-electron chi connectivity index (χ3n) is 3.14. The van der Waals surface area contributed by atoms with E-state index in [2.05, 4.69) is 10.0 Å². The fourth-order valence-corrected chi connectivity index (χ4v) is 2.33. The lowest BCUT2D eigenvalue weighted by Crippen LogP contribution is -2.61. The molecule has 144 valence electrons. The van der Waals surface area contributed by atoms with Gasteiger partial charge in [-0.05, 0) is 5.53 Å². The van der Waals surface area contributed by atoms with Gasteiger partial charge in [0.2, 0.25) is 6.29 Å². The number of ether oxygens (including phenoxy) is 5. The molecule has 1 aliphatic rings. The van der Waals surface area contributed by atoms with Gasteiger partial charge in [0, 0.05) is 32.6 Å². The zero-order valence-electron chi connectivity index (χ0n) is 14.6. The van der Waals surface area contributed by atoms with Crippen molar-refractivity contribution in [1.29, 1.82) is 0 Å². The molecule has 0 aromatic heterocycles. The van der Waals surface area contributed by atoms with E-state index in [9.17, 15) is 19.2 Å². The first kappa shape index (κ1) is 21.2. The van der Waals surface area contributed by atoms with Gasteiger partial charge in [0.05, 0.1) is 0 Å². The summed E-state index contributed by atoms with van der Waals surface area (Å²) in [6.07, 6.45) is -5.18. The van der Waals surface area contributed by atoms with Crippen molar-refractivity contribution in [3.05, 3.63) is 10.4 Å². The van der Waals surface area contributed by atoms with Gasteiger partial charge in [-0.25, -0.2) is 0 Å². The lowest BCUT2D eigenvalue weighted by molar-refractivity contribution is -0.267. The number of nitrogens with zero attached hydrogens (tertiary/aromatic N) is 3. The summed E-state index contributed by atoms with van der Waals surface area (Å²) in [5.74, 6) is -2.90. The number of rotatable bonds is 6. The molecule has 1 heterocycles. The molecule has 1 saturated heterocycles. The van der Waals surface area contributed by atoms with Crippen LogP contribution in [0.2, 0.25) is 0 Å². The molecule has 12 heteroatoms. The Bertz CT molecular complexity index is 617. The maximum Gasteiger partial charge on any atom is 0.304 e. The van der Waals surface area contributed by atoms with Crippen LogP contribution in [-0.4, -0.2) is 61.1 Å². The van der Waals surface area contributed by atoms with Gasteiger partial charge in [0.1, 0.15) is 18.8 Å². The predicted molar refractivity (Wildman–Crippen MR) is 81.1 cm³/mol. The van der Waals surface area contributed by atoms with Crippen LogP contribution in [0.1, 0.15) is 27.7 Å². The topological polar surface area (TPSA) is 163 Å². The van der Waals surface area contributed by atoms with Crippen molar-refractivity contribution in [2.24, 2.45) is 5.11 Å². The molecule has 1 fully saturated rings. The van der Waals surface area contributed by atoms with Crippen LogP contribution < -0.4 is 0 Å². The zero-order valence-corrected chi connectivity index (χ0v) is 14.6. The summed E-state index contributed by atoms with van der Waals surface area (Å²) in [5.41, 5.74) is 8.78. The van der Waals surface area contributed by atoms with Crippen molar-refractivity contribution in [3.8, 4) is 0 Å². The molecule has 0 aromatic carbocycles. The van der Waals surface area contributed by atoms with Crippen molar-refractivity contribution in [2.75, 3.05) is 6.61 Å². The second kappa shape index (κ2) is 9.59. The van der Waals surface area contributed by atoms with E-state index in [1.165, 1.54) is 0 Å². The van der Waals surface area contributed by atoms with Crippen molar-refractivity contribution in [3.63, 3.8) is 0 Å². The lowest BCUT2D eigenvalue weighted by atomic mass is 9.97. The van der Waals surface area contributed by atoms with Crippen LogP contribution in [-0.2, 0) is 42.9 Å². The minimum absolute atomic E-state index is 0.383. The summed E-state index contributed by atoms with van der Waals surface area (Å²) >= 11 is 0. The lowest BCUT2D eigenvalue weighted by Gasteiger charge is -2.42. The van der Waals surface area contributed by atoms with Crippen molar-refractivity contribution >= 4 is 23.9 Å². The van der Waals surface area contributed by atoms with Gasteiger partial charge in [-0.1, -0.05) is 5.11 Å². The Kier molecular flexibility index (Phi) is 7.81. The molecular weight excluding hydrogens is 354 g/mol. The Morgan fingerprint density at radius 1 is 0.923 bits per heavy atom. The molecule has 1 aliphatic heterocycles. The smallest absolute Gasteiger partial charge is 0.304 e. The largest absolute Gasteiger partial charge is 0.463 e. The third-order valence-corrected chi connectivity index (χ3v) is 3.14. The van der Waals surface area contributed by atoms with E-state index in [-0.39, 0.29) is 6.61 Å². The van der Waals surface area contributed by atoms with E-state index in [0.717, 1.165) is 27.7 Å². The average molecular weight is 373 g/mol. The summed E-state index contributed by atoms with van der Waals surface area (Å²) in [7, 11) is 0. The molecule has 0 amide bonds. The highest BCUT2D eigenvalue weighted by atomic mass is 16.7. The fraction of sp³-hybridized carbons (Fsp3) is 0.714. The Balaban J connectivity index is 3.28. The normalized spacial score (nSPS) is 27.5. The molecular formula is C14H19N3O9. The second-order valence-electron chi connectivity index (χ2n) is 5.30. The van der Waals surface area contributed by atoms with Crippen LogP contribution in [0.4, 0.5) is 0 Å². The highest BCUT2D eigenvalue weighted by Gasteiger charge is 2.51. The molecule has 0 saturated carbocycles. The van der Waals surface area contributed by atoms with Gasteiger partial charge in [-0.3, -0.25) is 19.2 Å². The van der Waals surface area contributed by atoms with Gasteiger partial charge < -0.3 is 23.7 Å². The van der Waals surface area contributed by atoms with Crippen molar-refractivity contribution in [1.82, 2.24) is 0 Å². The Morgan fingerprint density at radius 2 is 1.46 bits per heavy atom. The van der Waals surface area contributed by atoms with Gasteiger partial charge in [0.15, 0.2) is 12.2 Å². The van der Waals surface area contributed by atoms with Gasteiger partial charge in [-0.2, -0.15) is 0 Å². The number of hydrogen-bond donors (Lipinski definition) is 0. The maximum atomic E-state index is 11.5. The standard InChI is InChI=1S/C14H19N3O9/c1-6(18)22-5-10-12(23-7(2)19)13(24-8(3)20)11(16-17-15)14(26-10)25-9(4)21/h10-14H,5H2,1-4H3/t10-,11+,12-,13-,14-/m1/s1. The predicted octanol–water partition coefficient (Wildman–Crippen LogP) is 0.380. The number of carbonyl (C=O) groups is 4. The molecule has 5 atom stereocenters. The molecule has 1 rings (SSSR count). The summed E-state index contributed by atoms with van der Waals surface area (Å²) in [5, 5.41) is 3.44. The number of hydrogen-bond acceptors (Lipinski definition) is 10. The molecule has 0 N–H and O–H groups in total. The van der Waals surface area contributed by atoms with E-state index in [4.69, 9.17) is 29.2 Å². The molecule has 0 aliphatic carbocycles. The first-order chi connectivity index (χ1) is 12.1.